The predicted molar refractivity (Wildman–Crippen MR) is 227 cm³/mol. The fourth-order valence-electron chi connectivity index (χ4n) is 5.82. The summed E-state index contributed by atoms with van der Waals surface area (Å²) in [6, 6.07) is 37.2. The zero-order chi connectivity index (χ0) is 42.1. The Labute approximate surface area is 346 Å². The van der Waals surface area contributed by atoms with Crippen LogP contribution in [0.4, 0.5) is 0 Å². The van der Waals surface area contributed by atoms with Gasteiger partial charge in [0.05, 0.1) is 0 Å². The number of carbonyl (C=O) groups excluding carboxylic acids is 3. The molecule has 9 nitrogen and oxygen atoms in total. The maximum absolute atomic E-state index is 12.4. The van der Waals surface area contributed by atoms with E-state index < -0.39 is 34.7 Å². The van der Waals surface area contributed by atoms with Crippen LogP contribution in [0.2, 0.25) is 0 Å². The number of esters is 3. The molecule has 0 bridgehead atoms. The van der Waals surface area contributed by atoms with Gasteiger partial charge in [0.1, 0.15) is 34.1 Å². The first-order valence-electron chi connectivity index (χ1n) is 19.1. The number of carbonyl (C=O) groups is 3. The number of benzene rings is 5. The molecule has 0 aliphatic carbocycles. The van der Waals surface area contributed by atoms with Crippen molar-refractivity contribution in [2.24, 2.45) is 0 Å². The molecule has 58 heavy (non-hydrogen) atoms. The van der Waals surface area contributed by atoms with Crippen LogP contribution in [0.25, 0.3) is 33.4 Å². The number of ether oxygens (including phenoxy) is 6. The molecule has 304 valence electrons. The van der Waals surface area contributed by atoms with Crippen LogP contribution in [-0.4, -0.2) is 54.5 Å². The molecule has 0 saturated heterocycles. The maximum Gasteiger partial charge on any atom is 0.344 e. The van der Waals surface area contributed by atoms with Gasteiger partial charge in [0.15, 0.2) is 19.8 Å². The molecule has 0 N–H and O–H groups in total. The van der Waals surface area contributed by atoms with Gasteiger partial charge in [-0.1, -0.05) is 72.4 Å². The van der Waals surface area contributed by atoms with Crippen LogP contribution in [0.5, 0.6) is 17.2 Å². The minimum Gasteiger partial charge on any atom is -0.482 e. The van der Waals surface area contributed by atoms with Crippen LogP contribution in [0.3, 0.4) is 0 Å². The van der Waals surface area contributed by atoms with Crippen molar-refractivity contribution in [3.8, 4) is 50.6 Å². The topological polar surface area (TPSA) is 107 Å². The second-order valence-corrected chi connectivity index (χ2v) is 17.6. The lowest BCUT2D eigenvalue weighted by atomic mass is 9.87. The van der Waals surface area contributed by atoms with Crippen molar-refractivity contribution in [1.29, 1.82) is 0 Å². The first-order chi connectivity index (χ1) is 27.3. The Kier molecular flexibility index (Phi) is 14.0. The van der Waals surface area contributed by atoms with E-state index in [0.29, 0.717) is 17.2 Å². The van der Waals surface area contributed by atoms with E-state index in [-0.39, 0.29) is 19.8 Å². The molecule has 5 rings (SSSR count). The molecule has 5 aromatic rings. The lowest BCUT2D eigenvalue weighted by molar-refractivity contribution is -0.158. The summed E-state index contributed by atoms with van der Waals surface area (Å²) in [4.78, 5) is 39.2. The van der Waals surface area contributed by atoms with Crippen LogP contribution in [0.1, 0.15) is 62.3 Å². The van der Waals surface area contributed by atoms with Crippen molar-refractivity contribution in [3.63, 3.8) is 0 Å². The summed E-state index contributed by atoms with van der Waals surface area (Å²) >= 11 is 1.65. The molecule has 0 amide bonds. The molecule has 0 heterocycles. The van der Waals surface area contributed by atoms with E-state index >= 15 is 0 Å². The van der Waals surface area contributed by atoms with Gasteiger partial charge < -0.3 is 28.4 Å². The average Bonchev–Trinajstić information content (AvgIpc) is 3.14. The molecule has 0 spiro atoms. The summed E-state index contributed by atoms with van der Waals surface area (Å²) < 4.78 is 33.7. The average molecular weight is 805 g/mol. The minimum atomic E-state index is -0.620. The summed E-state index contributed by atoms with van der Waals surface area (Å²) in [7, 11) is 0. The molecular weight excluding hydrogens is 753 g/mol. The Bertz CT molecular complexity index is 2160. The van der Waals surface area contributed by atoms with Crippen LogP contribution in [-0.2, 0) is 28.6 Å². The summed E-state index contributed by atoms with van der Waals surface area (Å²) in [5.41, 5.74) is 3.75. The standard InChI is InChI=1S/C48H52O9S/c1-46(2,3)55-41(49)29-52-35-21-15-32(16-22-35)39-27-28-40(58-38-13-11-10-12-14-38)45(34-19-25-37(26-20-34)54-31-43(51)57-48(7,8)9)44(39)33-17-23-36(24-18-33)53-30-42(50)56-47(4,5)6/h10-28H,29-31H2,1-9H3. The Morgan fingerprint density at radius 3 is 1.17 bits per heavy atom. The second-order valence-electron chi connectivity index (χ2n) is 16.5. The predicted octanol–water partition coefficient (Wildman–Crippen LogP) is 11.0. The van der Waals surface area contributed by atoms with Crippen molar-refractivity contribution in [2.45, 2.75) is 88.9 Å². The third kappa shape index (κ3) is 13.4. The smallest absolute Gasteiger partial charge is 0.344 e. The van der Waals surface area contributed by atoms with Crippen LogP contribution in [0, 0.1) is 0 Å². The SMILES string of the molecule is CC(C)(C)OC(=O)COc1ccc(-c2ccc(Sc3ccccc3)c(-c3ccc(OCC(=O)OC(C)(C)C)cc3)c2-c2ccc(OCC(=O)OC(C)(C)C)cc2)cc1. The van der Waals surface area contributed by atoms with E-state index in [4.69, 9.17) is 28.4 Å². The van der Waals surface area contributed by atoms with E-state index in [0.717, 1.165) is 43.2 Å². The van der Waals surface area contributed by atoms with Gasteiger partial charge in [-0.2, -0.15) is 0 Å². The van der Waals surface area contributed by atoms with Gasteiger partial charge in [0.2, 0.25) is 0 Å². The van der Waals surface area contributed by atoms with Gasteiger partial charge in [0.25, 0.3) is 0 Å². The molecule has 0 aromatic heterocycles. The molecule has 0 saturated carbocycles. The first kappa shape index (κ1) is 43.4. The molecule has 0 unspecified atom stereocenters. The molecule has 0 fully saturated rings. The zero-order valence-electron chi connectivity index (χ0n) is 34.7. The monoisotopic (exact) mass is 804 g/mol. The Hall–Kier alpha value is -5.74. The van der Waals surface area contributed by atoms with Crippen molar-refractivity contribution in [2.75, 3.05) is 19.8 Å². The first-order valence-corrected chi connectivity index (χ1v) is 19.9. The summed E-state index contributed by atoms with van der Waals surface area (Å²) in [6.45, 7) is 15.7. The van der Waals surface area contributed by atoms with Crippen molar-refractivity contribution < 1.29 is 42.8 Å². The van der Waals surface area contributed by atoms with E-state index in [1.54, 1.807) is 11.8 Å². The third-order valence-electron chi connectivity index (χ3n) is 7.92. The maximum atomic E-state index is 12.4. The Balaban J connectivity index is 1.57. The number of hydrogen-bond acceptors (Lipinski definition) is 10. The Morgan fingerprint density at radius 1 is 0.431 bits per heavy atom. The normalized spacial score (nSPS) is 11.7. The number of rotatable bonds is 14. The highest BCUT2D eigenvalue weighted by atomic mass is 32.2. The van der Waals surface area contributed by atoms with Gasteiger partial charge >= 0.3 is 17.9 Å². The molecule has 0 aliphatic heterocycles. The molecule has 0 radical (unpaired) electrons. The third-order valence-corrected chi connectivity index (χ3v) is 8.99. The highest BCUT2D eigenvalue weighted by Gasteiger charge is 2.22. The summed E-state index contributed by atoms with van der Waals surface area (Å²) in [5.74, 6) is 0.219. The molecule has 0 atom stereocenters. The van der Waals surface area contributed by atoms with E-state index in [9.17, 15) is 14.4 Å². The van der Waals surface area contributed by atoms with E-state index in [1.807, 2.05) is 153 Å². The molecule has 10 heteroatoms. The van der Waals surface area contributed by atoms with Gasteiger partial charge in [-0.05, 0) is 145 Å². The van der Waals surface area contributed by atoms with Crippen molar-refractivity contribution in [3.05, 3.63) is 115 Å². The highest BCUT2D eigenvalue weighted by Crippen LogP contribution is 2.47. The number of hydrogen-bond donors (Lipinski definition) is 0. The van der Waals surface area contributed by atoms with Gasteiger partial charge in [-0.25, -0.2) is 14.4 Å². The summed E-state index contributed by atoms with van der Waals surface area (Å²) in [5, 5.41) is 0. The fraction of sp³-hybridized carbons (Fsp3) is 0.312. The van der Waals surface area contributed by atoms with Crippen molar-refractivity contribution >= 4 is 29.7 Å². The van der Waals surface area contributed by atoms with E-state index in [2.05, 4.69) is 24.3 Å². The van der Waals surface area contributed by atoms with Crippen LogP contribution in [0.15, 0.2) is 125 Å². The molecular formula is C48H52O9S. The fourth-order valence-corrected chi connectivity index (χ4v) is 6.82. The van der Waals surface area contributed by atoms with Crippen molar-refractivity contribution in [1.82, 2.24) is 0 Å². The summed E-state index contributed by atoms with van der Waals surface area (Å²) in [6.07, 6.45) is 0. The lowest BCUT2D eigenvalue weighted by Crippen LogP contribution is -2.27. The van der Waals surface area contributed by atoms with E-state index in [1.165, 1.54) is 0 Å². The van der Waals surface area contributed by atoms with Crippen LogP contribution < -0.4 is 14.2 Å². The van der Waals surface area contributed by atoms with Gasteiger partial charge in [0, 0.05) is 15.4 Å². The second kappa shape index (κ2) is 18.7. The van der Waals surface area contributed by atoms with Crippen LogP contribution >= 0.6 is 11.8 Å². The minimum absolute atomic E-state index is 0.211. The Morgan fingerprint density at radius 2 is 0.793 bits per heavy atom. The van der Waals surface area contributed by atoms with Gasteiger partial charge in [-0.3, -0.25) is 0 Å². The molecule has 0 aliphatic rings. The quantitative estimate of drug-likeness (QED) is 0.0795. The highest BCUT2D eigenvalue weighted by molar-refractivity contribution is 7.99. The largest absolute Gasteiger partial charge is 0.482 e. The lowest BCUT2D eigenvalue weighted by Gasteiger charge is -2.21. The molecule has 5 aromatic carbocycles. The zero-order valence-corrected chi connectivity index (χ0v) is 35.5. The van der Waals surface area contributed by atoms with Gasteiger partial charge in [-0.15, -0.1) is 0 Å².